The molecule has 0 saturated heterocycles. The van der Waals surface area contributed by atoms with Crippen molar-refractivity contribution >= 4 is 11.8 Å². The first kappa shape index (κ1) is 21.1. The van der Waals surface area contributed by atoms with Crippen molar-refractivity contribution in [1.29, 1.82) is 0 Å². The number of ketones is 1. The van der Waals surface area contributed by atoms with Crippen LogP contribution in [0.15, 0.2) is 0 Å². The molecule has 0 aromatic rings. The molecule has 0 aliphatic carbocycles. The number of nitrogens with zero attached hydrogens (tertiary/aromatic N) is 1. The fourth-order valence-corrected chi connectivity index (χ4v) is 2.66. The third kappa shape index (κ3) is 9.15. The summed E-state index contributed by atoms with van der Waals surface area (Å²) in [5, 5.41) is 21.3. The van der Waals surface area contributed by atoms with E-state index in [1.54, 1.807) is 0 Å². The zero-order valence-electron chi connectivity index (χ0n) is 14.9. The van der Waals surface area contributed by atoms with Crippen LogP contribution in [-0.2, 0) is 9.59 Å². The van der Waals surface area contributed by atoms with Crippen LogP contribution in [0.1, 0.15) is 58.8 Å². The minimum atomic E-state index is -1.83. The van der Waals surface area contributed by atoms with Gasteiger partial charge in [-0.25, -0.2) is 0 Å². The molecule has 0 fully saturated rings. The van der Waals surface area contributed by atoms with E-state index in [-0.39, 0.29) is 18.7 Å². The summed E-state index contributed by atoms with van der Waals surface area (Å²) in [7, 11) is 5.46. The fraction of sp³-hybridized carbons (Fsp3) is 0.882. The summed E-state index contributed by atoms with van der Waals surface area (Å²) in [5.74, 6) is -1.07. The number of carbonyl (C=O) groups excluding carboxylic acids is 2. The monoisotopic (exact) mass is 315 g/mol. The van der Waals surface area contributed by atoms with Gasteiger partial charge in [0.05, 0.1) is 21.1 Å². The van der Waals surface area contributed by atoms with Gasteiger partial charge in [0, 0.05) is 18.8 Å². The molecule has 22 heavy (non-hydrogen) atoms. The molecular formula is C17H33NO4. The number of aliphatic hydroxyl groups is 1. The van der Waals surface area contributed by atoms with Crippen LogP contribution in [0, 0.1) is 5.92 Å². The number of aliphatic carboxylic acids is 1. The van der Waals surface area contributed by atoms with Crippen LogP contribution in [0.3, 0.4) is 0 Å². The van der Waals surface area contributed by atoms with Gasteiger partial charge < -0.3 is 19.5 Å². The zero-order chi connectivity index (χ0) is 17.4. The van der Waals surface area contributed by atoms with Crippen LogP contribution >= 0.6 is 0 Å². The van der Waals surface area contributed by atoms with Crippen molar-refractivity contribution in [3.8, 4) is 0 Å². The van der Waals surface area contributed by atoms with E-state index in [0.717, 1.165) is 25.7 Å². The Balaban J connectivity index is 4.43. The van der Waals surface area contributed by atoms with E-state index < -0.39 is 18.0 Å². The van der Waals surface area contributed by atoms with Gasteiger partial charge in [-0.15, -0.1) is 0 Å². The SMILES string of the molecule is CCC(C)CCCCCC(=O)C(O)(CC(=O)[O-])C[N+](C)(C)C. The normalized spacial score (nSPS) is 16.1. The molecule has 0 amide bonds. The highest BCUT2D eigenvalue weighted by Crippen LogP contribution is 2.20. The third-order valence-electron chi connectivity index (χ3n) is 3.99. The van der Waals surface area contributed by atoms with Crippen molar-refractivity contribution in [2.24, 2.45) is 5.92 Å². The number of carbonyl (C=O) groups is 2. The first-order valence-corrected chi connectivity index (χ1v) is 8.26. The molecule has 0 aromatic carbocycles. The van der Waals surface area contributed by atoms with Gasteiger partial charge in [-0.3, -0.25) is 4.79 Å². The predicted octanol–water partition coefficient (Wildman–Crippen LogP) is 1.13. The lowest BCUT2D eigenvalue weighted by Crippen LogP contribution is -2.56. The Kier molecular flexibility index (Phi) is 8.86. The number of carboxylic acid groups (broad SMARTS) is 1. The maximum Gasteiger partial charge on any atom is 0.177 e. The molecule has 0 rings (SSSR count). The standard InChI is InChI=1S/C17H33NO4/c1-6-14(2)10-8-7-9-11-15(19)17(22,12-16(20)21)13-18(3,4)5/h14,22H,6-13H2,1-5H3. The average Bonchev–Trinajstić information content (AvgIpc) is 2.34. The van der Waals surface area contributed by atoms with E-state index in [4.69, 9.17) is 0 Å². The molecule has 5 heteroatoms. The van der Waals surface area contributed by atoms with E-state index in [1.807, 2.05) is 21.1 Å². The van der Waals surface area contributed by atoms with Crippen LogP contribution in [-0.4, -0.2) is 54.6 Å². The Morgan fingerprint density at radius 3 is 2.23 bits per heavy atom. The van der Waals surface area contributed by atoms with Crippen LogP contribution < -0.4 is 5.11 Å². The summed E-state index contributed by atoms with van der Waals surface area (Å²) in [6, 6.07) is 0. The highest BCUT2D eigenvalue weighted by atomic mass is 16.4. The predicted molar refractivity (Wildman–Crippen MR) is 85.0 cm³/mol. The third-order valence-corrected chi connectivity index (χ3v) is 3.99. The molecule has 0 aliphatic rings. The number of quaternary nitrogens is 1. The minimum absolute atomic E-state index is 0.0761. The second kappa shape index (κ2) is 9.26. The number of unbranched alkanes of at least 4 members (excludes halogenated alkanes) is 2. The summed E-state index contributed by atoms with van der Waals surface area (Å²) < 4.78 is 0.323. The first-order valence-electron chi connectivity index (χ1n) is 8.26. The van der Waals surface area contributed by atoms with E-state index in [0.29, 0.717) is 16.8 Å². The van der Waals surface area contributed by atoms with E-state index in [1.165, 1.54) is 0 Å². The molecule has 0 bridgehead atoms. The Hall–Kier alpha value is -0.940. The van der Waals surface area contributed by atoms with Crippen molar-refractivity contribution in [3.63, 3.8) is 0 Å². The van der Waals surface area contributed by atoms with Crippen molar-refractivity contribution in [3.05, 3.63) is 0 Å². The molecule has 0 spiro atoms. The Morgan fingerprint density at radius 2 is 1.77 bits per heavy atom. The number of rotatable bonds is 12. The summed E-state index contributed by atoms with van der Waals surface area (Å²) in [6.07, 6.45) is 4.60. The first-order chi connectivity index (χ1) is 10.00. The van der Waals surface area contributed by atoms with Gasteiger partial charge >= 0.3 is 0 Å². The van der Waals surface area contributed by atoms with Gasteiger partial charge in [0.15, 0.2) is 11.4 Å². The topological polar surface area (TPSA) is 77.4 Å². The molecule has 0 saturated carbocycles. The summed E-state index contributed by atoms with van der Waals surface area (Å²) >= 11 is 0. The molecule has 5 nitrogen and oxygen atoms in total. The number of Topliss-reactive ketones (excluding diaryl/α,β-unsaturated/α-hetero) is 1. The van der Waals surface area contributed by atoms with Crippen LogP contribution in [0.5, 0.6) is 0 Å². The number of carboxylic acids is 1. The fourth-order valence-electron chi connectivity index (χ4n) is 2.66. The van der Waals surface area contributed by atoms with Gasteiger partial charge in [0.1, 0.15) is 6.54 Å². The summed E-state index contributed by atoms with van der Waals surface area (Å²) in [5.41, 5.74) is -1.83. The number of likely N-dealkylation sites (N-methyl/N-ethyl adjacent to an activating group) is 1. The Morgan fingerprint density at radius 1 is 1.18 bits per heavy atom. The lowest BCUT2D eigenvalue weighted by molar-refractivity contribution is -0.875. The summed E-state index contributed by atoms with van der Waals surface area (Å²) in [6.45, 7) is 4.46. The van der Waals surface area contributed by atoms with Crippen molar-refractivity contribution < 1.29 is 24.3 Å². The molecule has 0 aliphatic heterocycles. The van der Waals surface area contributed by atoms with Gasteiger partial charge in [0.2, 0.25) is 0 Å². The molecule has 1 N–H and O–H groups in total. The van der Waals surface area contributed by atoms with Gasteiger partial charge in [-0.05, 0) is 12.3 Å². The van der Waals surface area contributed by atoms with E-state index in [9.17, 15) is 19.8 Å². The Bertz CT molecular complexity index is 362. The van der Waals surface area contributed by atoms with Crippen molar-refractivity contribution in [2.45, 2.75) is 64.4 Å². The maximum atomic E-state index is 12.3. The van der Waals surface area contributed by atoms with Crippen molar-refractivity contribution in [2.75, 3.05) is 27.7 Å². The van der Waals surface area contributed by atoms with Crippen LogP contribution in [0.25, 0.3) is 0 Å². The smallest absolute Gasteiger partial charge is 0.177 e. The molecule has 0 radical (unpaired) electrons. The number of hydrogen-bond donors (Lipinski definition) is 1. The lowest BCUT2D eigenvalue weighted by Gasteiger charge is -2.34. The van der Waals surface area contributed by atoms with Crippen LogP contribution in [0.2, 0.25) is 0 Å². The largest absolute Gasteiger partial charge is 0.550 e. The minimum Gasteiger partial charge on any atom is -0.550 e. The van der Waals surface area contributed by atoms with Crippen molar-refractivity contribution in [1.82, 2.24) is 0 Å². The average molecular weight is 315 g/mol. The molecule has 0 heterocycles. The summed E-state index contributed by atoms with van der Waals surface area (Å²) in [4.78, 5) is 23.1. The second-order valence-corrected chi connectivity index (χ2v) is 7.56. The highest BCUT2D eigenvalue weighted by molar-refractivity contribution is 5.90. The second-order valence-electron chi connectivity index (χ2n) is 7.56. The van der Waals surface area contributed by atoms with Gasteiger partial charge in [-0.1, -0.05) is 39.5 Å². The number of hydrogen-bond acceptors (Lipinski definition) is 4. The molecule has 130 valence electrons. The Labute approximate surface area is 134 Å². The lowest BCUT2D eigenvalue weighted by atomic mass is 9.89. The maximum absolute atomic E-state index is 12.3. The van der Waals surface area contributed by atoms with Crippen LogP contribution in [0.4, 0.5) is 0 Å². The zero-order valence-corrected chi connectivity index (χ0v) is 14.9. The van der Waals surface area contributed by atoms with Gasteiger partial charge in [0.25, 0.3) is 0 Å². The molecule has 2 unspecified atom stereocenters. The van der Waals surface area contributed by atoms with E-state index in [2.05, 4.69) is 13.8 Å². The van der Waals surface area contributed by atoms with Gasteiger partial charge in [-0.2, -0.15) is 0 Å². The molecular weight excluding hydrogens is 282 g/mol. The highest BCUT2D eigenvalue weighted by Gasteiger charge is 2.40. The van der Waals surface area contributed by atoms with E-state index >= 15 is 0 Å². The molecule has 2 atom stereocenters. The quantitative estimate of drug-likeness (QED) is 0.432. The molecule has 0 aromatic heterocycles.